The molecule has 2 rings (SSSR count). The first kappa shape index (κ1) is 14.7. The molecule has 2 N–H and O–H groups in total. The highest BCUT2D eigenvalue weighted by Gasteiger charge is 2.15. The van der Waals surface area contributed by atoms with E-state index in [0.717, 1.165) is 11.1 Å². The van der Waals surface area contributed by atoms with E-state index in [2.05, 4.69) is 0 Å². The highest BCUT2D eigenvalue weighted by atomic mass is 16.7. The average Bonchev–Trinajstić information content (AvgIpc) is 2.49. The van der Waals surface area contributed by atoms with Gasteiger partial charge in [0.05, 0.1) is 19.3 Å². The molecule has 0 aliphatic carbocycles. The minimum Gasteiger partial charge on any atom is -0.346 e. The number of rotatable bonds is 7. The van der Waals surface area contributed by atoms with Crippen LogP contribution in [-0.4, -0.2) is 12.3 Å². The smallest absolute Gasteiger partial charge is 0.173 e. The van der Waals surface area contributed by atoms with Crippen LogP contribution in [0.2, 0.25) is 0 Å². The van der Waals surface area contributed by atoms with Crippen molar-refractivity contribution >= 4 is 0 Å². The van der Waals surface area contributed by atoms with E-state index >= 15 is 0 Å². The Morgan fingerprint density at radius 2 is 1.20 bits per heavy atom. The van der Waals surface area contributed by atoms with Gasteiger partial charge in [0.1, 0.15) is 0 Å². The lowest BCUT2D eigenvalue weighted by Gasteiger charge is -2.22. The molecule has 0 aliphatic heterocycles. The normalized spacial score (nSPS) is 12.6. The molecule has 106 valence electrons. The van der Waals surface area contributed by atoms with Crippen LogP contribution in [0.1, 0.15) is 18.1 Å². The van der Waals surface area contributed by atoms with Gasteiger partial charge < -0.3 is 15.2 Å². The average molecular weight is 271 g/mol. The van der Waals surface area contributed by atoms with Crippen molar-refractivity contribution in [2.24, 2.45) is 5.73 Å². The molecule has 0 saturated carbocycles. The van der Waals surface area contributed by atoms with Crippen LogP contribution in [0.4, 0.5) is 0 Å². The van der Waals surface area contributed by atoms with Crippen molar-refractivity contribution in [3.63, 3.8) is 0 Å². The van der Waals surface area contributed by atoms with Crippen LogP contribution < -0.4 is 5.73 Å². The van der Waals surface area contributed by atoms with E-state index in [-0.39, 0.29) is 6.04 Å². The van der Waals surface area contributed by atoms with E-state index in [4.69, 9.17) is 15.2 Å². The van der Waals surface area contributed by atoms with Crippen molar-refractivity contribution in [1.29, 1.82) is 0 Å². The second-order valence-corrected chi connectivity index (χ2v) is 4.82. The molecular formula is C17H21NO2. The second kappa shape index (κ2) is 7.80. The zero-order valence-corrected chi connectivity index (χ0v) is 11.7. The van der Waals surface area contributed by atoms with Crippen LogP contribution in [0, 0.1) is 0 Å². The van der Waals surface area contributed by atoms with Crippen LogP contribution in [0.25, 0.3) is 0 Å². The van der Waals surface area contributed by atoms with Gasteiger partial charge in [-0.15, -0.1) is 0 Å². The molecule has 0 radical (unpaired) electrons. The number of benzene rings is 2. The first-order chi connectivity index (χ1) is 9.75. The van der Waals surface area contributed by atoms with Gasteiger partial charge in [-0.25, -0.2) is 0 Å². The standard InChI is InChI=1S/C17H21NO2/c1-14(18)17(19-12-15-8-4-2-5-9-15)20-13-16-10-6-3-7-11-16/h2-11,14,17H,12-13,18H2,1H3. The van der Waals surface area contributed by atoms with Gasteiger partial charge in [-0.05, 0) is 18.1 Å². The van der Waals surface area contributed by atoms with Gasteiger partial charge in [0, 0.05) is 0 Å². The third kappa shape index (κ3) is 4.78. The van der Waals surface area contributed by atoms with Crippen molar-refractivity contribution in [1.82, 2.24) is 0 Å². The summed E-state index contributed by atoms with van der Waals surface area (Å²) >= 11 is 0. The quantitative estimate of drug-likeness (QED) is 0.787. The zero-order chi connectivity index (χ0) is 14.2. The van der Waals surface area contributed by atoms with Crippen LogP contribution in [-0.2, 0) is 22.7 Å². The van der Waals surface area contributed by atoms with Crippen LogP contribution >= 0.6 is 0 Å². The predicted octanol–water partition coefficient (Wildman–Crippen LogP) is 3.09. The van der Waals surface area contributed by atoms with E-state index in [1.54, 1.807) is 0 Å². The van der Waals surface area contributed by atoms with Crippen LogP contribution in [0.15, 0.2) is 60.7 Å². The Labute approximate surface area is 120 Å². The molecule has 0 amide bonds. The molecule has 1 unspecified atom stereocenters. The third-order valence-electron chi connectivity index (χ3n) is 2.94. The maximum Gasteiger partial charge on any atom is 0.173 e. The molecular weight excluding hydrogens is 250 g/mol. The summed E-state index contributed by atoms with van der Waals surface area (Å²) < 4.78 is 11.5. The fraction of sp³-hybridized carbons (Fsp3) is 0.294. The molecule has 3 nitrogen and oxygen atoms in total. The second-order valence-electron chi connectivity index (χ2n) is 4.82. The Morgan fingerprint density at radius 1 is 0.800 bits per heavy atom. The minimum absolute atomic E-state index is 0.178. The van der Waals surface area contributed by atoms with Crippen molar-refractivity contribution in [2.45, 2.75) is 32.5 Å². The summed E-state index contributed by atoms with van der Waals surface area (Å²) in [6, 6.07) is 19.8. The molecule has 3 heteroatoms. The number of hydrogen-bond donors (Lipinski definition) is 1. The summed E-state index contributed by atoms with van der Waals surface area (Å²) in [5.41, 5.74) is 8.14. The molecule has 0 saturated heterocycles. The summed E-state index contributed by atoms with van der Waals surface area (Å²) in [5.74, 6) is 0. The van der Waals surface area contributed by atoms with E-state index < -0.39 is 6.29 Å². The number of nitrogens with two attached hydrogens (primary N) is 1. The number of hydrogen-bond acceptors (Lipinski definition) is 3. The predicted molar refractivity (Wildman–Crippen MR) is 79.9 cm³/mol. The Hall–Kier alpha value is -1.68. The lowest BCUT2D eigenvalue weighted by atomic mass is 10.2. The van der Waals surface area contributed by atoms with Gasteiger partial charge in [-0.1, -0.05) is 60.7 Å². The molecule has 0 aromatic heterocycles. The van der Waals surface area contributed by atoms with Crippen molar-refractivity contribution < 1.29 is 9.47 Å². The third-order valence-corrected chi connectivity index (χ3v) is 2.94. The fourth-order valence-corrected chi connectivity index (χ4v) is 1.86. The molecule has 0 fully saturated rings. The molecule has 2 aromatic carbocycles. The zero-order valence-electron chi connectivity index (χ0n) is 11.7. The Balaban J connectivity index is 1.84. The highest BCUT2D eigenvalue weighted by molar-refractivity contribution is 5.14. The fourth-order valence-electron chi connectivity index (χ4n) is 1.86. The molecule has 0 aliphatic rings. The molecule has 0 spiro atoms. The summed E-state index contributed by atoms with van der Waals surface area (Å²) in [5, 5.41) is 0. The molecule has 1 atom stereocenters. The SMILES string of the molecule is CC(N)C(OCc1ccccc1)OCc1ccccc1. The van der Waals surface area contributed by atoms with Gasteiger partial charge >= 0.3 is 0 Å². The minimum atomic E-state index is -0.407. The molecule has 20 heavy (non-hydrogen) atoms. The Kier molecular flexibility index (Phi) is 5.74. The monoisotopic (exact) mass is 271 g/mol. The van der Waals surface area contributed by atoms with Crippen LogP contribution in [0.5, 0.6) is 0 Å². The number of ether oxygens (including phenoxy) is 2. The summed E-state index contributed by atoms with van der Waals surface area (Å²) in [6.07, 6.45) is -0.407. The molecule has 0 heterocycles. The van der Waals surface area contributed by atoms with E-state index in [1.165, 1.54) is 0 Å². The van der Waals surface area contributed by atoms with Gasteiger partial charge in [0.2, 0.25) is 0 Å². The van der Waals surface area contributed by atoms with Crippen molar-refractivity contribution in [2.75, 3.05) is 0 Å². The first-order valence-corrected chi connectivity index (χ1v) is 6.82. The Bertz CT molecular complexity index is 441. The summed E-state index contributed by atoms with van der Waals surface area (Å²) in [4.78, 5) is 0. The van der Waals surface area contributed by atoms with Gasteiger partial charge in [0.15, 0.2) is 6.29 Å². The van der Waals surface area contributed by atoms with Gasteiger partial charge in [0.25, 0.3) is 0 Å². The van der Waals surface area contributed by atoms with Crippen molar-refractivity contribution in [3.05, 3.63) is 71.8 Å². The Morgan fingerprint density at radius 3 is 1.55 bits per heavy atom. The highest BCUT2D eigenvalue weighted by Crippen LogP contribution is 2.10. The summed E-state index contributed by atoms with van der Waals surface area (Å²) in [7, 11) is 0. The van der Waals surface area contributed by atoms with Crippen LogP contribution in [0.3, 0.4) is 0 Å². The largest absolute Gasteiger partial charge is 0.346 e. The van der Waals surface area contributed by atoms with E-state index in [9.17, 15) is 0 Å². The lowest BCUT2D eigenvalue weighted by Crippen LogP contribution is -2.36. The topological polar surface area (TPSA) is 44.5 Å². The maximum absolute atomic E-state index is 5.91. The molecule has 2 aromatic rings. The van der Waals surface area contributed by atoms with Gasteiger partial charge in [-0.2, -0.15) is 0 Å². The molecule has 0 bridgehead atoms. The van der Waals surface area contributed by atoms with Crippen molar-refractivity contribution in [3.8, 4) is 0 Å². The summed E-state index contributed by atoms with van der Waals surface area (Å²) in [6.45, 7) is 2.89. The maximum atomic E-state index is 5.91. The van der Waals surface area contributed by atoms with Gasteiger partial charge in [-0.3, -0.25) is 0 Å². The van der Waals surface area contributed by atoms with E-state index in [0.29, 0.717) is 13.2 Å². The van der Waals surface area contributed by atoms with E-state index in [1.807, 2.05) is 67.6 Å². The first-order valence-electron chi connectivity index (χ1n) is 6.82. The lowest BCUT2D eigenvalue weighted by molar-refractivity contribution is -0.165.